The maximum absolute atomic E-state index is 11.7. The smallest absolute Gasteiger partial charge is 0.407 e. The third-order valence-corrected chi connectivity index (χ3v) is 7.67. The summed E-state index contributed by atoms with van der Waals surface area (Å²) in [5.74, 6) is 0. The van der Waals surface area contributed by atoms with Gasteiger partial charge in [-0.3, -0.25) is 15.1 Å². The lowest BCUT2D eigenvalue weighted by atomic mass is 9.92. The highest BCUT2D eigenvalue weighted by atomic mass is 32.3. The number of alkyl carbamates (subject to hydrolysis) is 1. The minimum Gasteiger partial charge on any atom is -0.444 e. The Morgan fingerprint density at radius 1 is 1.31 bits per heavy atom. The minimum atomic E-state index is -1.34. The van der Waals surface area contributed by atoms with Crippen molar-refractivity contribution in [3.8, 4) is 0 Å². The second-order valence-electron chi connectivity index (χ2n) is 9.53. The predicted octanol–water partition coefficient (Wildman–Crippen LogP) is 4.69. The van der Waals surface area contributed by atoms with Crippen LogP contribution in [0.25, 0.3) is 0 Å². The van der Waals surface area contributed by atoms with Crippen LogP contribution in [-0.2, 0) is 17.6 Å². The summed E-state index contributed by atoms with van der Waals surface area (Å²) in [5, 5.41) is 13.5. The van der Waals surface area contributed by atoms with E-state index in [1.54, 1.807) is 6.07 Å². The SMILES string of the molecule is CC(C)(C)OC(=O)NC1CCc2cc([N+](=O)[O-])cnc2C1.CC(C)(C)S(C)(C)O. The Balaban J connectivity index is 0.000000447. The highest BCUT2D eigenvalue weighted by Gasteiger charge is 2.26. The van der Waals surface area contributed by atoms with Gasteiger partial charge in [0.2, 0.25) is 0 Å². The van der Waals surface area contributed by atoms with Gasteiger partial charge in [-0.1, -0.05) is 20.8 Å². The van der Waals surface area contributed by atoms with E-state index in [2.05, 4.69) is 31.1 Å². The molecule has 0 aromatic carbocycles. The van der Waals surface area contributed by atoms with E-state index in [0.29, 0.717) is 12.8 Å². The largest absolute Gasteiger partial charge is 0.444 e. The number of carbonyl (C=O) groups is 1. The molecule has 9 heteroatoms. The maximum Gasteiger partial charge on any atom is 0.407 e. The molecule has 166 valence electrons. The molecule has 2 N–H and O–H groups in total. The van der Waals surface area contributed by atoms with Gasteiger partial charge in [0.15, 0.2) is 0 Å². The monoisotopic (exact) mass is 429 g/mol. The first-order valence-corrected chi connectivity index (χ1v) is 12.0. The van der Waals surface area contributed by atoms with Crippen molar-refractivity contribution in [2.45, 2.75) is 77.2 Å². The van der Waals surface area contributed by atoms with Crippen molar-refractivity contribution in [2.24, 2.45) is 0 Å². The van der Waals surface area contributed by atoms with Gasteiger partial charge in [0.05, 0.1) is 4.92 Å². The molecule has 0 bridgehead atoms. The summed E-state index contributed by atoms with van der Waals surface area (Å²) in [5.41, 5.74) is 1.15. The molecule has 8 nitrogen and oxygen atoms in total. The van der Waals surface area contributed by atoms with Crippen molar-refractivity contribution >= 4 is 22.1 Å². The highest BCUT2D eigenvalue weighted by Crippen LogP contribution is 2.48. The van der Waals surface area contributed by atoms with Crippen molar-refractivity contribution in [1.82, 2.24) is 10.3 Å². The molecule has 1 aromatic heterocycles. The molecule has 0 saturated heterocycles. The van der Waals surface area contributed by atoms with Crippen LogP contribution in [-0.4, -0.2) is 49.5 Å². The summed E-state index contributed by atoms with van der Waals surface area (Å²) in [4.78, 5) is 26.2. The molecule has 0 saturated carbocycles. The fraction of sp³-hybridized carbons (Fsp3) is 0.700. The number of nitro groups is 1. The molecule has 1 aliphatic rings. The summed E-state index contributed by atoms with van der Waals surface area (Å²) in [6.07, 6.45) is 6.57. The fourth-order valence-corrected chi connectivity index (χ4v) is 2.29. The Hall–Kier alpha value is -1.87. The summed E-state index contributed by atoms with van der Waals surface area (Å²) in [6.45, 7) is 11.6. The van der Waals surface area contributed by atoms with Crippen molar-refractivity contribution in [2.75, 3.05) is 12.5 Å². The quantitative estimate of drug-likeness (QED) is 0.520. The van der Waals surface area contributed by atoms with Crippen LogP contribution >= 0.6 is 10.3 Å². The summed E-state index contributed by atoms with van der Waals surface area (Å²) < 4.78 is 14.7. The number of hydrogen-bond donors (Lipinski definition) is 2. The number of ether oxygens (including phenoxy) is 1. The van der Waals surface area contributed by atoms with Crippen molar-refractivity contribution in [3.05, 3.63) is 33.6 Å². The van der Waals surface area contributed by atoms with Crippen LogP contribution < -0.4 is 5.32 Å². The predicted molar refractivity (Wildman–Crippen MR) is 118 cm³/mol. The number of fused-ring (bicyclic) bond motifs is 1. The number of carbonyl (C=O) groups excluding carboxylic acids is 1. The third-order valence-electron chi connectivity index (χ3n) is 4.68. The van der Waals surface area contributed by atoms with Gasteiger partial charge in [-0.05, 0) is 51.7 Å². The molecular formula is C20H35N3O5S. The van der Waals surface area contributed by atoms with Gasteiger partial charge in [-0.15, -0.1) is 10.3 Å². The zero-order valence-corrected chi connectivity index (χ0v) is 19.6. The van der Waals surface area contributed by atoms with Gasteiger partial charge in [0.1, 0.15) is 11.8 Å². The van der Waals surface area contributed by atoms with Crippen LogP contribution in [0.1, 0.15) is 59.2 Å². The Morgan fingerprint density at radius 3 is 2.31 bits per heavy atom. The lowest BCUT2D eigenvalue weighted by Gasteiger charge is -2.38. The number of nitrogens with one attached hydrogen (secondary N) is 1. The van der Waals surface area contributed by atoms with Crippen molar-refractivity contribution in [1.29, 1.82) is 0 Å². The number of aromatic nitrogens is 1. The molecule has 29 heavy (non-hydrogen) atoms. The fourth-order valence-electron chi connectivity index (χ4n) is 2.29. The number of hydrogen-bond acceptors (Lipinski definition) is 6. The second-order valence-corrected chi connectivity index (χ2v) is 13.3. The van der Waals surface area contributed by atoms with Crippen LogP contribution in [0.15, 0.2) is 12.3 Å². The average Bonchev–Trinajstić information content (AvgIpc) is 2.51. The molecule has 1 atom stereocenters. The maximum atomic E-state index is 11.7. The van der Waals surface area contributed by atoms with Crippen LogP contribution in [0.4, 0.5) is 10.5 Å². The second kappa shape index (κ2) is 9.30. The van der Waals surface area contributed by atoms with Gasteiger partial charge in [-0.25, -0.2) is 4.79 Å². The molecule has 0 spiro atoms. The van der Waals surface area contributed by atoms with Crippen LogP contribution in [0.2, 0.25) is 0 Å². The number of amides is 1. The Morgan fingerprint density at radius 2 is 1.86 bits per heavy atom. The number of rotatable bonds is 2. The van der Waals surface area contributed by atoms with Gasteiger partial charge >= 0.3 is 6.09 Å². The van der Waals surface area contributed by atoms with E-state index in [4.69, 9.17) is 4.74 Å². The van der Waals surface area contributed by atoms with E-state index in [9.17, 15) is 19.5 Å². The average molecular weight is 430 g/mol. The van der Waals surface area contributed by atoms with E-state index in [0.717, 1.165) is 17.7 Å². The third kappa shape index (κ3) is 8.57. The zero-order valence-electron chi connectivity index (χ0n) is 18.7. The first kappa shape index (κ1) is 25.2. The number of nitrogens with zero attached hydrogens (tertiary/aromatic N) is 2. The molecule has 1 unspecified atom stereocenters. The first-order chi connectivity index (χ1) is 13.0. The van der Waals surface area contributed by atoms with E-state index >= 15 is 0 Å². The van der Waals surface area contributed by atoms with Crippen molar-refractivity contribution in [3.63, 3.8) is 0 Å². The molecule has 0 radical (unpaired) electrons. The molecule has 0 aliphatic heterocycles. The van der Waals surface area contributed by atoms with Gasteiger partial charge in [0, 0.05) is 29.0 Å². The molecule has 1 aromatic rings. The molecule has 1 amide bonds. The molecule has 0 fully saturated rings. The van der Waals surface area contributed by atoms with Gasteiger partial charge < -0.3 is 14.6 Å². The van der Waals surface area contributed by atoms with E-state index < -0.39 is 26.9 Å². The number of pyridine rings is 1. The van der Waals surface area contributed by atoms with E-state index in [1.165, 1.54) is 6.20 Å². The molecule has 1 heterocycles. The van der Waals surface area contributed by atoms with Crippen LogP contribution in [0, 0.1) is 10.1 Å². The molecular weight excluding hydrogens is 394 g/mol. The van der Waals surface area contributed by atoms with E-state index in [-0.39, 0.29) is 16.5 Å². The number of aryl methyl sites for hydroxylation is 1. The Labute approximate surface area is 175 Å². The van der Waals surface area contributed by atoms with Gasteiger partial charge in [-0.2, -0.15) is 0 Å². The standard InChI is InChI=1S/C14H19N3O4.C6H16OS/c1-14(2,3)21-13(18)16-10-5-4-9-6-11(17(19)20)8-15-12(9)7-10;1-6(2,3)8(4,5)7/h6,8,10H,4-5,7H2,1-3H3,(H,16,18);7H,1-5H3. The normalized spacial score (nSPS) is 17.3. The first-order valence-electron chi connectivity index (χ1n) is 9.56. The lowest BCUT2D eigenvalue weighted by Crippen LogP contribution is -2.42. The highest BCUT2D eigenvalue weighted by molar-refractivity contribution is 8.29. The van der Waals surface area contributed by atoms with Gasteiger partial charge in [0.25, 0.3) is 5.69 Å². The Bertz CT molecular complexity index is 721. The Kier molecular flexibility index (Phi) is 8.07. The minimum absolute atomic E-state index is 0.00676. The topological polar surface area (TPSA) is 115 Å². The molecule has 1 aliphatic carbocycles. The summed E-state index contributed by atoms with van der Waals surface area (Å²) >= 11 is 0. The van der Waals surface area contributed by atoms with Crippen LogP contribution in [0.3, 0.4) is 0 Å². The van der Waals surface area contributed by atoms with Crippen LogP contribution in [0.5, 0.6) is 0 Å². The lowest BCUT2D eigenvalue weighted by molar-refractivity contribution is -0.385. The zero-order chi connectivity index (χ0) is 22.6. The van der Waals surface area contributed by atoms with E-state index in [1.807, 2.05) is 33.3 Å². The summed E-state index contributed by atoms with van der Waals surface area (Å²) in [7, 11) is -1.34. The molecule has 2 rings (SSSR count). The summed E-state index contributed by atoms with van der Waals surface area (Å²) in [6, 6.07) is 1.51. The van der Waals surface area contributed by atoms with Crippen molar-refractivity contribution < 1.29 is 19.0 Å².